The van der Waals surface area contributed by atoms with E-state index in [0.717, 1.165) is 38.3 Å². The van der Waals surface area contributed by atoms with E-state index < -0.39 is 0 Å². The maximum Gasteiger partial charge on any atom is 0.126 e. The van der Waals surface area contributed by atoms with Crippen molar-refractivity contribution in [2.45, 2.75) is 57.6 Å². The average molecular weight is 289 g/mol. The Balaban J connectivity index is 1.54. The van der Waals surface area contributed by atoms with Crippen LogP contribution in [-0.4, -0.2) is 25.9 Å². The molecule has 0 bridgehead atoms. The van der Waals surface area contributed by atoms with E-state index in [1.807, 2.05) is 0 Å². The molecule has 1 aromatic rings. The van der Waals surface area contributed by atoms with Crippen LogP contribution < -0.4 is 10.1 Å². The molecule has 3 heteroatoms. The number of rotatable bonds is 5. The van der Waals surface area contributed by atoms with E-state index in [0.29, 0.717) is 12.1 Å². The topological polar surface area (TPSA) is 30.5 Å². The lowest BCUT2D eigenvalue weighted by atomic mass is 10.00. The Bertz CT molecular complexity index is 455. The van der Waals surface area contributed by atoms with E-state index >= 15 is 0 Å². The number of benzene rings is 1. The molecule has 3 nitrogen and oxygen atoms in total. The lowest BCUT2D eigenvalue weighted by Crippen LogP contribution is -2.26. The van der Waals surface area contributed by atoms with Crippen LogP contribution in [0.1, 0.15) is 55.7 Å². The second-order valence-corrected chi connectivity index (χ2v) is 6.27. The molecule has 1 aliphatic heterocycles. The van der Waals surface area contributed by atoms with Gasteiger partial charge < -0.3 is 14.8 Å². The zero-order valence-electron chi connectivity index (χ0n) is 13.1. The van der Waals surface area contributed by atoms with Gasteiger partial charge in [-0.3, -0.25) is 0 Å². The summed E-state index contributed by atoms with van der Waals surface area (Å²) in [6.45, 7) is 4.71. The van der Waals surface area contributed by atoms with Gasteiger partial charge in [0.15, 0.2) is 0 Å². The summed E-state index contributed by atoms with van der Waals surface area (Å²) in [4.78, 5) is 0. The minimum absolute atomic E-state index is 0.398. The first-order valence-electron chi connectivity index (χ1n) is 8.42. The lowest BCUT2D eigenvalue weighted by molar-refractivity contribution is 0.0590. The van der Waals surface area contributed by atoms with Gasteiger partial charge in [0, 0.05) is 18.2 Å². The smallest absolute Gasteiger partial charge is 0.126 e. The molecule has 1 N–H and O–H groups in total. The van der Waals surface area contributed by atoms with Crippen LogP contribution >= 0.6 is 0 Å². The van der Waals surface area contributed by atoms with Crippen molar-refractivity contribution >= 4 is 0 Å². The molecule has 1 unspecified atom stereocenters. The van der Waals surface area contributed by atoms with Gasteiger partial charge in [0.25, 0.3) is 0 Å². The Morgan fingerprint density at radius 2 is 2.05 bits per heavy atom. The molecule has 1 fully saturated rings. The zero-order chi connectivity index (χ0) is 14.5. The quantitative estimate of drug-likeness (QED) is 0.837. The minimum atomic E-state index is 0.398. The van der Waals surface area contributed by atoms with Crippen molar-refractivity contribution in [3.63, 3.8) is 0 Å². The van der Waals surface area contributed by atoms with Gasteiger partial charge in [0.1, 0.15) is 5.75 Å². The summed E-state index contributed by atoms with van der Waals surface area (Å²) >= 11 is 0. The van der Waals surface area contributed by atoms with Gasteiger partial charge in [-0.2, -0.15) is 0 Å². The fourth-order valence-corrected chi connectivity index (χ4v) is 3.49. The van der Waals surface area contributed by atoms with Gasteiger partial charge >= 0.3 is 0 Å². The Hall–Kier alpha value is -1.06. The van der Waals surface area contributed by atoms with Crippen molar-refractivity contribution in [2.75, 3.05) is 19.8 Å². The number of ether oxygens (including phenoxy) is 2. The standard InChI is InChI=1S/C18H27NO2/c1-14-6-4-9-16-17(10-5-12-21-18(14)16)19-11-13-20-15-7-2-3-8-15/h4,6,9,15,17,19H,2-3,5,7-8,10-13H2,1H3. The van der Waals surface area contributed by atoms with Crippen LogP contribution in [0.4, 0.5) is 0 Å². The van der Waals surface area contributed by atoms with Crippen LogP contribution in [0.5, 0.6) is 5.75 Å². The van der Waals surface area contributed by atoms with E-state index in [1.165, 1.54) is 36.8 Å². The highest BCUT2D eigenvalue weighted by atomic mass is 16.5. The van der Waals surface area contributed by atoms with Gasteiger partial charge in [0.2, 0.25) is 0 Å². The molecule has 2 aliphatic rings. The zero-order valence-corrected chi connectivity index (χ0v) is 13.1. The van der Waals surface area contributed by atoms with Crippen LogP contribution in [-0.2, 0) is 4.74 Å². The molecular weight excluding hydrogens is 262 g/mol. The van der Waals surface area contributed by atoms with E-state index in [2.05, 4.69) is 30.4 Å². The summed E-state index contributed by atoms with van der Waals surface area (Å²) in [6.07, 6.45) is 7.93. The number of nitrogens with one attached hydrogen (secondary N) is 1. The molecule has 0 aromatic heterocycles. The lowest BCUT2D eigenvalue weighted by Gasteiger charge is -2.20. The van der Waals surface area contributed by atoms with Gasteiger partial charge in [-0.1, -0.05) is 31.0 Å². The molecular formula is C18H27NO2. The third kappa shape index (κ3) is 3.78. The Morgan fingerprint density at radius 3 is 2.90 bits per heavy atom. The first-order valence-corrected chi connectivity index (χ1v) is 8.42. The predicted molar refractivity (Wildman–Crippen MR) is 84.9 cm³/mol. The van der Waals surface area contributed by atoms with Crippen LogP contribution in [0.15, 0.2) is 18.2 Å². The second kappa shape index (κ2) is 7.28. The van der Waals surface area contributed by atoms with Gasteiger partial charge in [-0.25, -0.2) is 0 Å². The normalized spacial score (nSPS) is 22.6. The fourth-order valence-electron chi connectivity index (χ4n) is 3.49. The monoisotopic (exact) mass is 289 g/mol. The molecule has 116 valence electrons. The predicted octanol–water partition coefficient (Wildman–Crippen LogP) is 3.76. The molecule has 3 rings (SSSR count). The Labute approximate surface area is 128 Å². The van der Waals surface area contributed by atoms with Crippen LogP contribution in [0, 0.1) is 6.92 Å². The van der Waals surface area contributed by atoms with Crippen molar-refractivity contribution in [1.29, 1.82) is 0 Å². The Kier molecular flexibility index (Phi) is 5.15. The summed E-state index contributed by atoms with van der Waals surface area (Å²) in [5.41, 5.74) is 2.55. The maximum absolute atomic E-state index is 5.94. The first kappa shape index (κ1) is 14.9. The molecule has 1 saturated carbocycles. The number of hydrogen-bond acceptors (Lipinski definition) is 3. The largest absolute Gasteiger partial charge is 0.493 e. The van der Waals surface area contributed by atoms with Crippen LogP contribution in [0.3, 0.4) is 0 Å². The maximum atomic E-state index is 5.94. The number of aryl methyl sites for hydroxylation is 1. The second-order valence-electron chi connectivity index (χ2n) is 6.27. The van der Waals surface area contributed by atoms with E-state index in [-0.39, 0.29) is 0 Å². The highest BCUT2D eigenvalue weighted by Crippen LogP contribution is 2.33. The molecule has 1 aromatic carbocycles. The Morgan fingerprint density at radius 1 is 1.19 bits per heavy atom. The number of hydrogen-bond donors (Lipinski definition) is 1. The van der Waals surface area contributed by atoms with Crippen molar-refractivity contribution in [2.24, 2.45) is 0 Å². The summed E-state index contributed by atoms with van der Waals surface area (Å²) in [5, 5.41) is 3.66. The van der Waals surface area contributed by atoms with Gasteiger partial charge in [-0.05, 0) is 38.2 Å². The highest BCUT2D eigenvalue weighted by molar-refractivity contribution is 5.43. The van der Waals surface area contributed by atoms with Crippen molar-refractivity contribution < 1.29 is 9.47 Å². The molecule has 21 heavy (non-hydrogen) atoms. The fraction of sp³-hybridized carbons (Fsp3) is 0.667. The summed E-state index contributed by atoms with van der Waals surface area (Å²) < 4.78 is 11.9. The SMILES string of the molecule is Cc1cccc2c1OCCCC2NCCOC1CCCC1. The van der Waals surface area contributed by atoms with Crippen molar-refractivity contribution in [3.05, 3.63) is 29.3 Å². The summed E-state index contributed by atoms with van der Waals surface area (Å²) in [7, 11) is 0. The third-order valence-electron chi connectivity index (χ3n) is 4.65. The highest BCUT2D eigenvalue weighted by Gasteiger charge is 2.20. The molecule has 0 radical (unpaired) electrons. The molecule has 1 atom stereocenters. The van der Waals surface area contributed by atoms with Crippen molar-refractivity contribution in [3.8, 4) is 5.75 Å². The molecule has 1 heterocycles. The molecule has 0 amide bonds. The van der Waals surface area contributed by atoms with Crippen LogP contribution in [0.2, 0.25) is 0 Å². The van der Waals surface area contributed by atoms with Crippen molar-refractivity contribution in [1.82, 2.24) is 5.32 Å². The molecule has 1 aliphatic carbocycles. The van der Waals surface area contributed by atoms with Gasteiger partial charge in [-0.15, -0.1) is 0 Å². The van der Waals surface area contributed by atoms with Gasteiger partial charge in [0.05, 0.1) is 19.3 Å². The van der Waals surface area contributed by atoms with Crippen LogP contribution in [0.25, 0.3) is 0 Å². The summed E-state index contributed by atoms with van der Waals surface area (Å²) in [5.74, 6) is 1.09. The minimum Gasteiger partial charge on any atom is -0.493 e. The average Bonchev–Trinajstić information content (AvgIpc) is 2.91. The van der Waals surface area contributed by atoms with E-state index in [9.17, 15) is 0 Å². The number of para-hydroxylation sites is 1. The van der Waals surface area contributed by atoms with E-state index in [1.54, 1.807) is 0 Å². The third-order valence-corrected chi connectivity index (χ3v) is 4.65. The summed E-state index contributed by atoms with van der Waals surface area (Å²) in [6, 6.07) is 6.86. The molecule has 0 saturated heterocycles. The molecule has 0 spiro atoms. The number of fused-ring (bicyclic) bond motifs is 1. The van der Waals surface area contributed by atoms with E-state index in [4.69, 9.17) is 9.47 Å². The first-order chi connectivity index (χ1) is 10.3.